The van der Waals surface area contributed by atoms with Gasteiger partial charge in [-0.25, -0.2) is 4.98 Å². The molecule has 1 atom stereocenters. The first kappa shape index (κ1) is 17.9. The van der Waals surface area contributed by atoms with E-state index >= 15 is 0 Å². The molecule has 0 bridgehead atoms. The number of nitrogens with one attached hydrogen (secondary N) is 1. The molecule has 7 heteroatoms. The Bertz CT molecular complexity index is 915. The zero-order valence-electron chi connectivity index (χ0n) is 14.8. The van der Waals surface area contributed by atoms with Crippen molar-refractivity contribution in [2.75, 3.05) is 5.32 Å². The number of hydrogen-bond acceptors (Lipinski definition) is 6. The van der Waals surface area contributed by atoms with Crippen molar-refractivity contribution in [3.8, 4) is 0 Å². The third-order valence-electron chi connectivity index (χ3n) is 3.75. The van der Waals surface area contributed by atoms with Gasteiger partial charge in [0, 0.05) is 21.9 Å². The predicted molar refractivity (Wildman–Crippen MR) is 106 cm³/mol. The number of thioether (sulfide) groups is 1. The van der Waals surface area contributed by atoms with E-state index in [1.54, 1.807) is 6.07 Å². The minimum Gasteiger partial charge on any atom is -0.354 e. The van der Waals surface area contributed by atoms with Gasteiger partial charge in [-0.1, -0.05) is 44.2 Å². The Morgan fingerprint density at radius 3 is 2.60 bits per heavy atom. The van der Waals surface area contributed by atoms with E-state index in [0.717, 1.165) is 12.1 Å². The van der Waals surface area contributed by atoms with Crippen LogP contribution < -0.4 is 10.9 Å². The number of nitrogens with zero attached hydrogens (tertiary/aromatic N) is 3. The average Bonchev–Trinajstić information content (AvgIpc) is 2.97. The van der Waals surface area contributed by atoms with E-state index < -0.39 is 0 Å². The topological polar surface area (TPSA) is 59.3 Å². The van der Waals surface area contributed by atoms with Crippen molar-refractivity contribution in [2.24, 2.45) is 0 Å². The molecule has 132 valence electrons. The van der Waals surface area contributed by atoms with Crippen molar-refractivity contribution in [3.05, 3.63) is 51.9 Å². The van der Waals surface area contributed by atoms with Gasteiger partial charge in [0.25, 0.3) is 5.56 Å². The summed E-state index contributed by atoms with van der Waals surface area (Å²) in [5, 5.41) is 9.00. The Morgan fingerprint density at radius 2 is 1.96 bits per heavy atom. The largest absolute Gasteiger partial charge is 0.354 e. The fraction of sp³-hybridized carbons (Fsp3) is 0.389. The average molecular weight is 375 g/mol. The van der Waals surface area contributed by atoms with Gasteiger partial charge in [-0.3, -0.25) is 4.79 Å². The third kappa shape index (κ3) is 4.22. The normalized spacial score (nSPS) is 12.7. The molecule has 0 spiro atoms. The molecule has 1 N–H and O–H groups in total. The summed E-state index contributed by atoms with van der Waals surface area (Å²) in [5.74, 6) is 0. The molecule has 5 nitrogen and oxygen atoms in total. The summed E-state index contributed by atoms with van der Waals surface area (Å²) in [5.41, 5.74) is 1.85. The van der Waals surface area contributed by atoms with Gasteiger partial charge in [-0.05, 0) is 31.0 Å². The fourth-order valence-corrected chi connectivity index (χ4v) is 4.22. The van der Waals surface area contributed by atoms with E-state index in [1.807, 2.05) is 18.7 Å². The minimum atomic E-state index is -0.131. The van der Waals surface area contributed by atoms with Gasteiger partial charge in [0.15, 0.2) is 0 Å². The molecule has 25 heavy (non-hydrogen) atoms. The summed E-state index contributed by atoms with van der Waals surface area (Å²) < 4.78 is 1.36. The van der Waals surface area contributed by atoms with Crippen LogP contribution in [-0.4, -0.2) is 19.8 Å². The predicted octanol–water partition coefficient (Wildman–Crippen LogP) is 4.39. The molecule has 2 aromatic heterocycles. The summed E-state index contributed by atoms with van der Waals surface area (Å²) in [6.45, 7) is 8.46. The summed E-state index contributed by atoms with van der Waals surface area (Å²) in [6.07, 6.45) is 0.740. The molecule has 0 fully saturated rings. The van der Waals surface area contributed by atoms with Crippen LogP contribution in [0.25, 0.3) is 4.96 Å². The minimum absolute atomic E-state index is 0.0972. The smallest absolute Gasteiger partial charge is 0.275 e. The van der Waals surface area contributed by atoms with E-state index in [-0.39, 0.29) is 11.6 Å². The second kappa shape index (κ2) is 7.58. The van der Waals surface area contributed by atoms with Crippen molar-refractivity contribution in [2.45, 2.75) is 50.3 Å². The molecule has 0 saturated heterocycles. The second-order valence-corrected chi connectivity index (χ2v) is 8.75. The van der Waals surface area contributed by atoms with Gasteiger partial charge in [0.1, 0.15) is 0 Å². The molecule has 1 unspecified atom stereocenters. The van der Waals surface area contributed by atoms with Gasteiger partial charge in [0.05, 0.1) is 6.04 Å². The Labute approximate surface area is 155 Å². The molecule has 3 aromatic rings. The highest BCUT2D eigenvalue weighted by molar-refractivity contribution is 7.99. The zero-order chi connectivity index (χ0) is 18.0. The van der Waals surface area contributed by atoms with Crippen LogP contribution in [0.4, 0.5) is 5.13 Å². The molecular weight excluding hydrogens is 352 g/mol. The standard InChI is InChI=1S/C18H22N4OS2/c1-5-14-10-16(23)22-18(20-14)25-17(21-22)19-12(4)13-6-8-15(9-7-13)24-11(2)3/h6-12H,5H2,1-4H3,(H,19,21). The lowest BCUT2D eigenvalue weighted by atomic mass is 10.1. The van der Waals surface area contributed by atoms with Crippen LogP contribution in [0.15, 0.2) is 40.0 Å². The van der Waals surface area contributed by atoms with Gasteiger partial charge in [-0.15, -0.1) is 16.9 Å². The number of rotatable bonds is 6. The Morgan fingerprint density at radius 1 is 1.24 bits per heavy atom. The number of fused-ring (bicyclic) bond motifs is 1. The van der Waals surface area contributed by atoms with Crippen molar-refractivity contribution in [3.63, 3.8) is 0 Å². The van der Waals surface area contributed by atoms with Gasteiger partial charge < -0.3 is 5.32 Å². The molecule has 0 aliphatic carbocycles. The Kier molecular flexibility index (Phi) is 5.44. The molecule has 0 aliphatic heterocycles. The van der Waals surface area contributed by atoms with Crippen LogP contribution in [0.3, 0.4) is 0 Å². The van der Waals surface area contributed by atoms with E-state index in [9.17, 15) is 4.79 Å². The maximum Gasteiger partial charge on any atom is 0.275 e. The molecule has 2 heterocycles. The highest BCUT2D eigenvalue weighted by Gasteiger charge is 2.12. The summed E-state index contributed by atoms with van der Waals surface area (Å²) in [7, 11) is 0. The van der Waals surface area contributed by atoms with Crippen LogP contribution in [0.2, 0.25) is 0 Å². The first-order chi connectivity index (χ1) is 12.0. The van der Waals surface area contributed by atoms with E-state index in [4.69, 9.17) is 0 Å². The SMILES string of the molecule is CCc1cc(=O)n2nc(NC(C)c3ccc(SC(C)C)cc3)sc2n1. The maximum absolute atomic E-state index is 12.1. The molecule has 0 saturated carbocycles. The molecule has 0 amide bonds. The lowest BCUT2D eigenvalue weighted by molar-refractivity contribution is 0.840. The summed E-state index contributed by atoms with van der Waals surface area (Å²) in [6, 6.07) is 10.2. The zero-order valence-corrected chi connectivity index (χ0v) is 16.4. The first-order valence-electron chi connectivity index (χ1n) is 8.39. The van der Waals surface area contributed by atoms with Crippen molar-refractivity contribution in [1.29, 1.82) is 0 Å². The van der Waals surface area contributed by atoms with Crippen molar-refractivity contribution in [1.82, 2.24) is 14.6 Å². The number of anilines is 1. The number of aromatic nitrogens is 3. The van der Waals surface area contributed by atoms with Gasteiger partial charge >= 0.3 is 0 Å². The highest BCUT2D eigenvalue weighted by atomic mass is 32.2. The third-order valence-corrected chi connectivity index (χ3v) is 5.61. The van der Waals surface area contributed by atoms with Crippen LogP contribution >= 0.6 is 23.1 Å². The van der Waals surface area contributed by atoms with E-state index in [2.05, 4.69) is 60.4 Å². The van der Waals surface area contributed by atoms with Gasteiger partial charge in [0.2, 0.25) is 10.1 Å². The molecule has 3 rings (SSSR count). The van der Waals surface area contributed by atoms with E-state index in [1.165, 1.54) is 26.3 Å². The first-order valence-corrected chi connectivity index (χ1v) is 10.1. The maximum atomic E-state index is 12.1. The van der Waals surface area contributed by atoms with Crippen molar-refractivity contribution >= 4 is 33.2 Å². The lowest BCUT2D eigenvalue weighted by Crippen LogP contribution is -2.15. The van der Waals surface area contributed by atoms with Crippen LogP contribution in [0.5, 0.6) is 0 Å². The van der Waals surface area contributed by atoms with Crippen LogP contribution in [0.1, 0.15) is 45.0 Å². The fourth-order valence-electron chi connectivity index (χ4n) is 2.47. The molecule has 0 radical (unpaired) electrons. The highest BCUT2D eigenvalue weighted by Crippen LogP contribution is 2.27. The summed E-state index contributed by atoms with van der Waals surface area (Å²) in [4.78, 5) is 18.5. The molecule has 0 aliphatic rings. The van der Waals surface area contributed by atoms with Crippen LogP contribution in [0, 0.1) is 0 Å². The Hall–Kier alpha value is -1.86. The van der Waals surface area contributed by atoms with Crippen molar-refractivity contribution < 1.29 is 0 Å². The number of benzene rings is 1. The van der Waals surface area contributed by atoms with E-state index in [0.29, 0.717) is 15.3 Å². The quantitative estimate of drug-likeness (QED) is 0.649. The summed E-state index contributed by atoms with van der Waals surface area (Å²) >= 11 is 3.25. The second-order valence-electron chi connectivity index (χ2n) is 6.14. The van der Waals surface area contributed by atoms with Gasteiger partial charge in [-0.2, -0.15) is 4.52 Å². The monoisotopic (exact) mass is 374 g/mol. The lowest BCUT2D eigenvalue weighted by Gasteiger charge is -2.13. The van der Waals surface area contributed by atoms with Crippen LogP contribution in [-0.2, 0) is 6.42 Å². The molecular formula is C18H22N4OS2. The number of hydrogen-bond donors (Lipinski definition) is 1. The molecule has 1 aromatic carbocycles. The number of aryl methyl sites for hydroxylation is 1. The Balaban J connectivity index is 1.78.